The Morgan fingerprint density at radius 3 is 2.53 bits per heavy atom. The number of anilines is 2. The summed E-state index contributed by atoms with van der Waals surface area (Å²) in [6.45, 7) is 0. The average molecular weight is 283 g/mol. The van der Waals surface area contributed by atoms with Gasteiger partial charge in [-0.25, -0.2) is 8.78 Å². The van der Waals surface area contributed by atoms with Crippen molar-refractivity contribution in [2.75, 3.05) is 11.1 Å². The van der Waals surface area contributed by atoms with E-state index in [1.54, 1.807) is 0 Å². The van der Waals surface area contributed by atoms with Crippen molar-refractivity contribution in [3.63, 3.8) is 0 Å². The first kappa shape index (κ1) is 13.3. The molecule has 6 heteroatoms. The number of carbonyl (C=O) groups is 1. The molecule has 2 rings (SSSR count). The summed E-state index contributed by atoms with van der Waals surface area (Å²) in [5.74, 6) is -2.00. The summed E-state index contributed by atoms with van der Waals surface area (Å²) in [4.78, 5) is 11.8. The van der Waals surface area contributed by atoms with Gasteiger partial charge in [-0.3, -0.25) is 4.79 Å². The first-order chi connectivity index (χ1) is 8.97. The summed E-state index contributed by atoms with van der Waals surface area (Å²) in [5, 5.41) is 2.22. The zero-order valence-corrected chi connectivity index (χ0v) is 10.3. The lowest BCUT2D eigenvalue weighted by atomic mass is 10.2. The molecule has 0 unspecified atom stereocenters. The SMILES string of the molecule is Nc1ccc(F)c(NC(=O)c2ccc(Cl)c(F)c2)c1. The van der Waals surface area contributed by atoms with Crippen molar-refractivity contribution in [3.05, 3.63) is 58.6 Å². The quantitative estimate of drug-likeness (QED) is 0.829. The number of carbonyl (C=O) groups excluding carboxylic acids is 1. The van der Waals surface area contributed by atoms with Gasteiger partial charge in [0.1, 0.15) is 11.6 Å². The van der Waals surface area contributed by atoms with Gasteiger partial charge >= 0.3 is 0 Å². The lowest BCUT2D eigenvalue weighted by Gasteiger charge is -2.07. The van der Waals surface area contributed by atoms with Crippen molar-refractivity contribution in [2.45, 2.75) is 0 Å². The van der Waals surface area contributed by atoms with Gasteiger partial charge in [-0.15, -0.1) is 0 Å². The van der Waals surface area contributed by atoms with Crippen molar-refractivity contribution in [1.29, 1.82) is 0 Å². The number of nitrogens with two attached hydrogens (primary N) is 1. The highest BCUT2D eigenvalue weighted by Gasteiger charge is 2.11. The maximum atomic E-state index is 13.4. The molecular formula is C13H9ClF2N2O. The van der Waals surface area contributed by atoms with Crippen LogP contribution in [0.15, 0.2) is 36.4 Å². The summed E-state index contributed by atoms with van der Waals surface area (Å²) < 4.78 is 26.6. The normalized spacial score (nSPS) is 10.3. The van der Waals surface area contributed by atoms with E-state index in [1.807, 2.05) is 0 Å². The Kier molecular flexibility index (Phi) is 3.66. The van der Waals surface area contributed by atoms with Gasteiger partial charge in [0, 0.05) is 11.3 Å². The molecule has 1 amide bonds. The molecule has 0 aromatic heterocycles. The third-order valence-corrected chi connectivity index (χ3v) is 2.73. The van der Waals surface area contributed by atoms with Crippen LogP contribution in [0.1, 0.15) is 10.4 Å². The molecule has 0 radical (unpaired) electrons. The fraction of sp³-hybridized carbons (Fsp3) is 0. The van der Waals surface area contributed by atoms with Crippen LogP contribution in [0.3, 0.4) is 0 Å². The van der Waals surface area contributed by atoms with E-state index in [0.717, 1.165) is 12.1 Å². The molecule has 3 N–H and O–H groups in total. The van der Waals surface area contributed by atoms with Crippen LogP contribution in [-0.4, -0.2) is 5.91 Å². The molecule has 2 aromatic rings. The third kappa shape index (κ3) is 3.00. The molecule has 0 aliphatic heterocycles. The fourth-order valence-electron chi connectivity index (χ4n) is 1.47. The maximum absolute atomic E-state index is 13.4. The van der Waals surface area contributed by atoms with Crippen molar-refractivity contribution >= 4 is 28.9 Å². The molecular weight excluding hydrogens is 274 g/mol. The van der Waals surface area contributed by atoms with Crippen molar-refractivity contribution in [2.24, 2.45) is 0 Å². The summed E-state index contributed by atoms with van der Waals surface area (Å²) in [6.07, 6.45) is 0. The Bertz CT molecular complexity index is 647. The number of halogens is 3. The Labute approximate surface area is 113 Å². The van der Waals surface area contributed by atoms with E-state index in [2.05, 4.69) is 5.32 Å². The fourth-order valence-corrected chi connectivity index (χ4v) is 1.59. The Morgan fingerprint density at radius 2 is 1.84 bits per heavy atom. The lowest BCUT2D eigenvalue weighted by Crippen LogP contribution is -2.13. The molecule has 0 fully saturated rings. The number of hydrogen-bond donors (Lipinski definition) is 2. The van der Waals surface area contributed by atoms with E-state index in [9.17, 15) is 13.6 Å². The highest BCUT2D eigenvalue weighted by atomic mass is 35.5. The number of amides is 1. The zero-order chi connectivity index (χ0) is 14.0. The molecule has 0 saturated carbocycles. The van der Waals surface area contributed by atoms with Gasteiger partial charge in [-0.1, -0.05) is 11.6 Å². The molecule has 2 aromatic carbocycles. The second-order valence-electron chi connectivity index (χ2n) is 3.82. The second-order valence-corrected chi connectivity index (χ2v) is 4.23. The van der Waals surface area contributed by atoms with Crippen molar-refractivity contribution < 1.29 is 13.6 Å². The zero-order valence-electron chi connectivity index (χ0n) is 9.58. The van der Waals surface area contributed by atoms with Gasteiger partial charge in [-0.2, -0.15) is 0 Å². The molecule has 0 spiro atoms. The maximum Gasteiger partial charge on any atom is 0.255 e. The van der Waals surface area contributed by atoms with Gasteiger partial charge in [0.25, 0.3) is 5.91 Å². The number of rotatable bonds is 2. The molecule has 3 nitrogen and oxygen atoms in total. The predicted octanol–water partition coefficient (Wildman–Crippen LogP) is 3.45. The smallest absolute Gasteiger partial charge is 0.255 e. The molecule has 0 atom stereocenters. The van der Waals surface area contributed by atoms with Crippen LogP contribution in [0, 0.1) is 11.6 Å². The van der Waals surface area contributed by atoms with Crippen LogP contribution in [0.25, 0.3) is 0 Å². The Hall–Kier alpha value is -2.14. The highest BCUT2D eigenvalue weighted by Crippen LogP contribution is 2.20. The van der Waals surface area contributed by atoms with E-state index in [-0.39, 0.29) is 16.3 Å². The lowest BCUT2D eigenvalue weighted by molar-refractivity contribution is 0.102. The van der Waals surface area contributed by atoms with Gasteiger partial charge in [0.2, 0.25) is 0 Å². The van der Waals surface area contributed by atoms with E-state index in [4.69, 9.17) is 17.3 Å². The Morgan fingerprint density at radius 1 is 1.11 bits per heavy atom. The minimum Gasteiger partial charge on any atom is -0.399 e. The summed E-state index contributed by atoms with van der Waals surface area (Å²) in [5.41, 5.74) is 5.76. The molecule has 0 bridgehead atoms. The minimum atomic E-state index is -0.720. The standard InChI is InChI=1S/C13H9ClF2N2O/c14-9-3-1-7(5-11(9)16)13(19)18-12-6-8(17)2-4-10(12)15/h1-6H,17H2,(H,18,19). The largest absolute Gasteiger partial charge is 0.399 e. The monoisotopic (exact) mass is 282 g/mol. The van der Waals surface area contributed by atoms with Gasteiger partial charge in [0.15, 0.2) is 0 Å². The van der Waals surface area contributed by atoms with Crippen LogP contribution >= 0.6 is 11.6 Å². The van der Waals surface area contributed by atoms with Crippen LogP contribution in [0.5, 0.6) is 0 Å². The summed E-state index contributed by atoms with van der Waals surface area (Å²) >= 11 is 5.51. The average Bonchev–Trinajstić information content (AvgIpc) is 2.37. The van der Waals surface area contributed by atoms with Crippen molar-refractivity contribution in [3.8, 4) is 0 Å². The molecule has 0 aliphatic rings. The minimum absolute atomic E-state index is 0.0312. The molecule has 19 heavy (non-hydrogen) atoms. The number of nitrogens with one attached hydrogen (secondary N) is 1. The van der Waals surface area contributed by atoms with E-state index in [0.29, 0.717) is 5.69 Å². The molecule has 0 aliphatic carbocycles. The van der Waals surface area contributed by atoms with Crippen LogP contribution in [0.4, 0.5) is 20.2 Å². The molecule has 98 valence electrons. The highest BCUT2D eigenvalue weighted by molar-refractivity contribution is 6.30. The van der Waals surface area contributed by atoms with Gasteiger partial charge in [0.05, 0.1) is 10.7 Å². The van der Waals surface area contributed by atoms with Crippen LogP contribution in [-0.2, 0) is 0 Å². The summed E-state index contributed by atoms with van der Waals surface area (Å²) in [6, 6.07) is 7.34. The van der Waals surface area contributed by atoms with Crippen LogP contribution < -0.4 is 11.1 Å². The number of nitrogen functional groups attached to an aromatic ring is 1. The number of hydrogen-bond acceptors (Lipinski definition) is 2. The molecule has 0 heterocycles. The van der Waals surface area contributed by atoms with E-state index < -0.39 is 17.5 Å². The molecule has 0 saturated heterocycles. The Balaban J connectivity index is 2.25. The predicted molar refractivity (Wildman–Crippen MR) is 70.2 cm³/mol. The first-order valence-corrected chi connectivity index (χ1v) is 5.66. The van der Waals surface area contributed by atoms with E-state index in [1.165, 1.54) is 24.3 Å². The van der Waals surface area contributed by atoms with Crippen LogP contribution in [0.2, 0.25) is 5.02 Å². The first-order valence-electron chi connectivity index (χ1n) is 5.29. The van der Waals surface area contributed by atoms with Gasteiger partial charge in [-0.05, 0) is 36.4 Å². The topological polar surface area (TPSA) is 55.1 Å². The van der Waals surface area contributed by atoms with Gasteiger partial charge < -0.3 is 11.1 Å². The third-order valence-electron chi connectivity index (χ3n) is 2.42. The number of benzene rings is 2. The van der Waals surface area contributed by atoms with E-state index >= 15 is 0 Å². The van der Waals surface area contributed by atoms with Crippen molar-refractivity contribution in [1.82, 2.24) is 0 Å². The summed E-state index contributed by atoms with van der Waals surface area (Å²) in [7, 11) is 0. The second kappa shape index (κ2) is 5.24.